The molecule has 0 bridgehead atoms. The van der Waals surface area contributed by atoms with E-state index in [1.165, 1.54) is 12.1 Å². The van der Waals surface area contributed by atoms with Crippen molar-refractivity contribution in [3.05, 3.63) is 84.7 Å². The standard InChI is InChI=1S/C20H15N3O2/c24-17-10-8-15(9-11-17)22-20(25)14-4-3-5-16(12-14)23-13-21-18-6-1-2-7-19(18)23/h1-13,24H,(H,22,25). The maximum atomic E-state index is 12.5. The Morgan fingerprint density at radius 3 is 2.60 bits per heavy atom. The molecular weight excluding hydrogens is 314 g/mol. The molecule has 4 rings (SSSR count). The zero-order valence-corrected chi connectivity index (χ0v) is 13.3. The second kappa shape index (κ2) is 6.13. The number of rotatable bonds is 3. The minimum Gasteiger partial charge on any atom is -0.508 e. The van der Waals surface area contributed by atoms with Gasteiger partial charge in [-0.3, -0.25) is 9.36 Å². The SMILES string of the molecule is O=C(Nc1ccc(O)cc1)c1cccc(-n2cnc3ccccc32)c1. The molecule has 0 fully saturated rings. The molecule has 25 heavy (non-hydrogen) atoms. The predicted molar refractivity (Wildman–Crippen MR) is 97.1 cm³/mol. The number of aromatic hydroxyl groups is 1. The van der Waals surface area contributed by atoms with E-state index in [0.717, 1.165) is 16.7 Å². The Morgan fingerprint density at radius 1 is 0.960 bits per heavy atom. The molecule has 3 aromatic carbocycles. The van der Waals surface area contributed by atoms with Crippen molar-refractivity contribution in [3.8, 4) is 11.4 Å². The molecule has 0 unspecified atom stereocenters. The molecule has 122 valence electrons. The van der Waals surface area contributed by atoms with Gasteiger partial charge in [0.25, 0.3) is 5.91 Å². The molecule has 1 heterocycles. The Labute approximate surface area is 144 Å². The van der Waals surface area contributed by atoms with E-state index >= 15 is 0 Å². The van der Waals surface area contributed by atoms with Crippen LogP contribution >= 0.6 is 0 Å². The van der Waals surface area contributed by atoms with Crippen molar-refractivity contribution in [1.29, 1.82) is 0 Å². The summed E-state index contributed by atoms with van der Waals surface area (Å²) in [7, 11) is 0. The minimum atomic E-state index is -0.211. The Hall–Kier alpha value is -3.60. The summed E-state index contributed by atoms with van der Waals surface area (Å²) < 4.78 is 1.95. The highest BCUT2D eigenvalue weighted by Gasteiger charge is 2.09. The van der Waals surface area contributed by atoms with E-state index in [4.69, 9.17) is 0 Å². The quantitative estimate of drug-likeness (QED) is 0.559. The maximum absolute atomic E-state index is 12.5. The van der Waals surface area contributed by atoms with Crippen LogP contribution in [0.4, 0.5) is 5.69 Å². The molecule has 0 saturated carbocycles. The number of imidazole rings is 1. The summed E-state index contributed by atoms with van der Waals surface area (Å²) >= 11 is 0. The first kappa shape index (κ1) is 15.0. The van der Waals surface area contributed by atoms with Gasteiger partial charge in [0.15, 0.2) is 0 Å². The van der Waals surface area contributed by atoms with Gasteiger partial charge >= 0.3 is 0 Å². The second-order valence-corrected chi connectivity index (χ2v) is 5.65. The predicted octanol–water partition coefficient (Wildman–Crippen LogP) is 3.98. The summed E-state index contributed by atoms with van der Waals surface area (Å²) in [5.74, 6) is -0.0519. The van der Waals surface area contributed by atoms with Crippen molar-refractivity contribution in [3.63, 3.8) is 0 Å². The van der Waals surface area contributed by atoms with Gasteiger partial charge in [-0.15, -0.1) is 0 Å². The second-order valence-electron chi connectivity index (χ2n) is 5.65. The molecule has 1 amide bonds. The number of benzene rings is 3. The highest BCUT2D eigenvalue weighted by molar-refractivity contribution is 6.04. The van der Waals surface area contributed by atoms with Crippen LogP contribution in [0.5, 0.6) is 5.75 Å². The van der Waals surface area contributed by atoms with Crippen molar-refractivity contribution in [2.75, 3.05) is 5.32 Å². The van der Waals surface area contributed by atoms with Crippen LogP contribution in [-0.2, 0) is 0 Å². The fraction of sp³-hybridized carbons (Fsp3) is 0. The molecule has 4 aromatic rings. The first-order valence-electron chi connectivity index (χ1n) is 7.84. The molecule has 2 N–H and O–H groups in total. The van der Waals surface area contributed by atoms with Gasteiger partial charge in [-0.25, -0.2) is 4.98 Å². The largest absolute Gasteiger partial charge is 0.508 e. The molecule has 1 aromatic heterocycles. The summed E-state index contributed by atoms with van der Waals surface area (Å²) in [6.45, 7) is 0. The van der Waals surface area contributed by atoms with Gasteiger partial charge in [-0.1, -0.05) is 18.2 Å². The summed E-state index contributed by atoms with van der Waals surface area (Å²) in [4.78, 5) is 16.9. The molecule has 0 aliphatic rings. The number of carbonyl (C=O) groups excluding carboxylic acids is 1. The third-order valence-corrected chi connectivity index (χ3v) is 3.97. The number of para-hydroxylation sites is 2. The Morgan fingerprint density at radius 2 is 1.76 bits per heavy atom. The molecule has 0 spiro atoms. The fourth-order valence-corrected chi connectivity index (χ4v) is 2.71. The highest BCUT2D eigenvalue weighted by Crippen LogP contribution is 2.20. The molecule has 0 aliphatic heterocycles. The third-order valence-electron chi connectivity index (χ3n) is 3.97. The summed E-state index contributed by atoms with van der Waals surface area (Å²) in [6, 6.07) is 21.6. The van der Waals surface area contributed by atoms with E-state index in [2.05, 4.69) is 10.3 Å². The van der Waals surface area contributed by atoms with E-state index in [0.29, 0.717) is 11.3 Å². The van der Waals surface area contributed by atoms with Crippen LogP contribution < -0.4 is 5.32 Å². The van der Waals surface area contributed by atoms with Crippen LogP contribution in [-0.4, -0.2) is 20.6 Å². The van der Waals surface area contributed by atoms with E-state index in [-0.39, 0.29) is 11.7 Å². The number of anilines is 1. The van der Waals surface area contributed by atoms with Gasteiger partial charge in [0, 0.05) is 16.9 Å². The van der Waals surface area contributed by atoms with E-state index < -0.39 is 0 Å². The lowest BCUT2D eigenvalue weighted by Crippen LogP contribution is -2.12. The highest BCUT2D eigenvalue weighted by atomic mass is 16.3. The number of aromatic nitrogens is 2. The van der Waals surface area contributed by atoms with Crippen LogP contribution in [0.15, 0.2) is 79.1 Å². The zero-order chi connectivity index (χ0) is 17.2. The smallest absolute Gasteiger partial charge is 0.255 e. The summed E-state index contributed by atoms with van der Waals surface area (Å²) in [6.07, 6.45) is 1.75. The van der Waals surface area contributed by atoms with Gasteiger partial charge in [0.05, 0.1) is 11.0 Å². The van der Waals surface area contributed by atoms with Crippen LogP contribution in [0.1, 0.15) is 10.4 Å². The average molecular weight is 329 g/mol. The van der Waals surface area contributed by atoms with Crippen LogP contribution in [0.25, 0.3) is 16.7 Å². The lowest BCUT2D eigenvalue weighted by atomic mass is 10.1. The van der Waals surface area contributed by atoms with Crippen molar-refractivity contribution >= 4 is 22.6 Å². The van der Waals surface area contributed by atoms with Crippen molar-refractivity contribution < 1.29 is 9.90 Å². The maximum Gasteiger partial charge on any atom is 0.255 e. The van der Waals surface area contributed by atoms with E-state index in [1.54, 1.807) is 24.5 Å². The monoisotopic (exact) mass is 329 g/mol. The molecule has 0 saturated heterocycles. The topological polar surface area (TPSA) is 67.2 Å². The average Bonchev–Trinajstić information content (AvgIpc) is 3.08. The number of hydrogen-bond donors (Lipinski definition) is 2. The van der Waals surface area contributed by atoms with Gasteiger partial charge < -0.3 is 10.4 Å². The van der Waals surface area contributed by atoms with Crippen LogP contribution in [0.3, 0.4) is 0 Å². The number of nitrogens with zero attached hydrogens (tertiary/aromatic N) is 2. The van der Waals surface area contributed by atoms with Crippen LogP contribution in [0.2, 0.25) is 0 Å². The molecule has 5 heteroatoms. The van der Waals surface area contributed by atoms with E-state index in [1.807, 2.05) is 47.0 Å². The Balaban J connectivity index is 1.65. The Kier molecular flexibility index (Phi) is 3.67. The summed E-state index contributed by atoms with van der Waals surface area (Å²) in [5.41, 5.74) is 3.93. The number of phenolic OH excluding ortho intramolecular Hbond substituents is 1. The number of carbonyl (C=O) groups is 1. The molecule has 0 radical (unpaired) electrons. The molecular formula is C20H15N3O2. The molecule has 5 nitrogen and oxygen atoms in total. The van der Waals surface area contributed by atoms with Gasteiger partial charge in [0.2, 0.25) is 0 Å². The van der Waals surface area contributed by atoms with Gasteiger partial charge in [-0.2, -0.15) is 0 Å². The fourth-order valence-electron chi connectivity index (χ4n) is 2.71. The number of hydrogen-bond acceptors (Lipinski definition) is 3. The normalized spacial score (nSPS) is 10.7. The number of amides is 1. The first-order valence-corrected chi connectivity index (χ1v) is 7.84. The molecule has 0 aliphatic carbocycles. The van der Waals surface area contributed by atoms with Crippen molar-refractivity contribution in [2.45, 2.75) is 0 Å². The first-order chi connectivity index (χ1) is 12.2. The van der Waals surface area contributed by atoms with Gasteiger partial charge in [0.1, 0.15) is 12.1 Å². The van der Waals surface area contributed by atoms with Crippen molar-refractivity contribution in [1.82, 2.24) is 9.55 Å². The summed E-state index contributed by atoms with van der Waals surface area (Å²) in [5, 5.41) is 12.1. The lowest BCUT2D eigenvalue weighted by Gasteiger charge is -2.08. The molecule has 0 atom stereocenters. The van der Waals surface area contributed by atoms with Crippen LogP contribution in [0, 0.1) is 0 Å². The number of nitrogens with one attached hydrogen (secondary N) is 1. The van der Waals surface area contributed by atoms with E-state index in [9.17, 15) is 9.90 Å². The minimum absolute atomic E-state index is 0.159. The number of fused-ring (bicyclic) bond motifs is 1. The third kappa shape index (κ3) is 2.95. The zero-order valence-electron chi connectivity index (χ0n) is 13.3. The number of phenols is 1. The lowest BCUT2D eigenvalue weighted by molar-refractivity contribution is 0.102. The Bertz CT molecular complexity index is 1050. The van der Waals surface area contributed by atoms with Gasteiger partial charge in [-0.05, 0) is 54.6 Å². The van der Waals surface area contributed by atoms with Crippen molar-refractivity contribution in [2.24, 2.45) is 0 Å².